The van der Waals surface area contributed by atoms with Gasteiger partial charge in [0.05, 0.1) is 11.5 Å². The van der Waals surface area contributed by atoms with Gasteiger partial charge in [0.2, 0.25) is 10.0 Å². The highest BCUT2D eigenvalue weighted by Gasteiger charge is 2.23. The molecule has 1 atom stereocenters. The summed E-state index contributed by atoms with van der Waals surface area (Å²) in [5.41, 5.74) is 1.16. The van der Waals surface area contributed by atoms with Gasteiger partial charge in [-0.25, -0.2) is 13.1 Å². The Morgan fingerprint density at radius 3 is 2.48 bits per heavy atom. The first kappa shape index (κ1) is 15.0. The Bertz CT molecular complexity index is 561. The van der Waals surface area contributed by atoms with Gasteiger partial charge < -0.3 is 10.1 Å². The van der Waals surface area contributed by atoms with Crippen LogP contribution in [0.2, 0.25) is 0 Å². The van der Waals surface area contributed by atoms with Crippen molar-refractivity contribution in [2.75, 3.05) is 19.8 Å². The first-order valence-electron chi connectivity index (χ1n) is 7.56. The maximum Gasteiger partial charge on any atom is 0.240 e. The standard InChI is InChI=1S/C15H22N2O3S/c18-21(19,17-14-8-10-20-11-14)15-5-1-12(2-6-15)7-9-16-13-3-4-13/h1-2,5-6,13-14,16-17H,3-4,7-11H2. The van der Waals surface area contributed by atoms with Crippen molar-refractivity contribution in [1.29, 1.82) is 0 Å². The van der Waals surface area contributed by atoms with E-state index >= 15 is 0 Å². The van der Waals surface area contributed by atoms with Crippen LogP contribution in [0.4, 0.5) is 0 Å². The lowest BCUT2D eigenvalue weighted by molar-refractivity contribution is 0.192. The number of rotatable bonds is 7. The van der Waals surface area contributed by atoms with Gasteiger partial charge in [0.25, 0.3) is 0 Å². The first-order chi connectivity index (χ1) is 10.1. The first-order valence-corrected chi connectivity index (χ1v) is 9.04. The van der Waals surface area contributed by atoms with Crippen LogP contribution in [-0.4, -0.2) is 40.3 Å². The third-order valence-corrected chi connectivity index (χ3v) is 5.45. The predicted octanol–water partition coefficient (Wildman–Crippen LogP) is 1.05. The number of hydrogen-bond donors (Lipinski definition) is 2. The molecule has 0 amide bonds. The second kappa shape index (κ2) is 6.44. The monoisotopic (exact) mass is 310 g/mol. The van der Waals surface area contributed by atoms with E-state index in [9.17, 15) is 8.42 Å². The van der Waals surface area contributed by atoms with Crippen molar-refractivity contribution in [1.82, 2.24) is 10.0 Å². The summed E-state index contributed by atoms with van der Waals surface area (Å²) in [6.07, 6.45) is 4.24. The van der Waals surface area contributed by atoms with Crippen molar-refractivity contribution in [3.63, 3.8) is 0 Å². The molecule has 1 unspecified atom stereocenters. The quantitative estimate of drug-likeness (QED) is 0.790. The Labute approximate surface area is 126 Å². The lowest BCUT2D eigenvalue weighted by atomic mass is 10.1. The zero-order valence-electron chi connectivity index (χ0n) is 12.0. The van der Waals surface area contributed by atoms with E-state index < -0.39 is 10.0 Å². The van der Waals surface area contributed by atoms with Crippen LogP contribution in [0.1, 0.15) is 24.8 Å². The van der Waals surface area contributed by atoms with Gasteiger partial charge in [0, 0.05) is 18.7 Å². The Hall–Kier alpha value is -0.950. The van der Waals surface area contributed by atoms with Crippen LogP contribution >= 0.6 is 0 Å². The van der Waals surface area contributed by atoms with Gasteiger partial charge in [-0.15, -0.1) is 0 Å². The van der Waals surface area contributed by atoms with E-state index in [1.54, 1.807) is 12.1 Å². The summed E-state index contributed by atoms with van der Waals surface area (Å²) in [6.45, 7) is 2.04. The SMILES string of the molecule is O=S(=O)(NC1CCOC1)c1ccc(CCNC2CC2)cc1. The van der Waals surface area contributed by atoms with Gasteiger partial charge in [-0.05, 0) is 49.9 Å². The van der Waals surface area contributed by atoms with E-state index in [-0.39, 0.29) is 6.04 Å². The van der Waals surface area contributed by atoms with Crippen LogP contribution in [0.3, 0.4) is 0 Å². The second-order valence-electron chi connectivity index (χ2n) is 5.80. The van der Waals surface area contributed by atoms with E-state index in [1.807, 2.05) is 12.1 Å². The number of benzene rings is 1. The molecule has 0 radical (unpaired) electrons. The molecule has 21 heavy (non-hydrogen) atoms. The molecule has 1 aromatic rings. The maximum absolute atomic E-state index is 12.2. The van der Waals surface area contributed by atoms with E-state index in [2.05, 4.69) is 10.0 Å². The molecule has 2 N–H and O–H groups in total. The summed E-state index contributed by atoms with van der Waals surface area (Å²) >= 11 is 0. The highest BCUT2D eigenvalue weighted by molar-refractivity contribution is 7.89. The number of ether oxygens (including phenoxy) is 1. The van der Waals surface area contributed by atoms with Gasteiger partial charge in [-0.3, -0.25) is 0 Å². The Balaban J connectivity index is 1.56. The lowest BCUT2D eigenvalue weighted by Crippen LogP contribution is -2.35. The minimum absolute atomic E-state index is 0.0996. The molecule has 1 saturated carbocycles. The number of hydrogen-bond acceptors (Lipinski definition) is 4. The van der Waals surface area contributed by atoms with Crippen LogP contribution in [0.25, 0.3) is 0 Å². The van der Waals surface area contributed by atoms with Gasteiger partial charge in [0.15, 0.2) is 0 Å². The summed E-state index contributed by atoms with van der Waals surface area (Å²) < 4.78 is 32.3. The van der Waals surface area contributed by atoms with Crippen molar-refractivity contribution < 1.29 is 13.2 Å². The largest absolute Gasteiger partial charge is 0.380 e. The minimum atomic E-state index is -3.43. The van der Waals surface area contributed by atoms with Gasteiger partial charge in [0.1, 0.15) is 0 Å². The van der Waals surface area contributed by atoms with E-state index in [0.29, 0.717) is 24.2 Å². The second-order valence-corrected chi connectivity index (χ2v) is 7.52. The Morgan fingerprint density at radius 1 is 1.10 bits per heavy atom. The molecule has 1 heterocycles. The molecule has 1 aliphatic heterocycles. The van der Waals surface area contributed by atoms with Crippen LogP contribution in [0.15, 0.2) is 29.2 Å². The van der Waals surface area contributed by atoms with Crippen LogP contribution in [0, 0.1) is 0 Å². The molecule has 2 aliphatic rings. The molecule has 1 aromatic carbocycles. The molecule has 1 saturated heterocycles. The predicted molar refractivity (Wildman–Crippen MR) is 80.7 cm³/mol. The minimum Gasteiger partial charge on any atom is -0.380 e. The summed E-state index contributed by atoms with van der Waals surface area (Å²) in [6, 6.07) is 7.78. The van der Waals surface area contributed by atoms with Gasteiger partial charge in [-0.2, -0.15) is 0 Å². The molecule has 5 nitrogen and oxygen atoms in total. The highest BCUT2D eigenvalue weighted by atomic mass is 32.2. The van der Waals surface area contributed by atoms with Gasteiger partial charge in [-0.1, -0.05) is 12.1 Å². The Morgan fingerprint density at radius 2 is 1.86 bits per heavy atom. The molecular formula is C15H22N2O3S. The fourth-order valence-corrected chi connectivity index (χ4v) is 3.71. The molecule has 1 aliphatic carbocycles. The number of nitrogens with one attached hydrogen (secondary N) is 2. The summed E-state index contributed by atoms with van der Waals surface area (Å²) in [5.74, 6) is 0. The van der Waals surface area contributed by atoms with E-state index in [1.165, 1.54) is 12.8 Å². The molecule has 2 fully saturated rings. The van der Waals surface area contributed by atoms with Crippen LogP contribution < -0.4 is 10.0 Å². The zero-order valence-corrected chi connectivity index (χ0v) is 12.9. The van der Waals surface area contributed by atoms with E-state index in [0.717, 1.165) is 24.9 Å². The molecule has 6 heteroatoms. The summed E-state index contributed by atoms with van der Waals surface area (Å²) in [5, 5.41) is 3.45. The third-order valence-electron chi connectivity index (χ3n) is 3.91. The van der Waals surface area contributed by atoms with Crippen molar-refractivity contribution in [2.45, 2.75) is 42.7 Å². The van der Waals surface area contributed by atoms with Crippen molar-refractivity contribution in [3.8, 4) is 0 Å². The Kier molecular flexibility index (Phi) is 4.59. The van der Waals surface area contributed by atoms with Gasteiger partial charge >= 0.3 is 0 Å². The van der Waals surface area contributed by atoms with Crippen molar-refractivity contribution in [3.05, 3.63) is 29.8 Å². The lowest BCUT2D eigenvalue weighted by Gasteiger charge is -2.12. The molecule has 116 valence electrons. The summed E-state index contributed by atoms with van der Waals surface area (Å²) in [4.78, 5) is 0.327. The molecule has 0 aromatic heterocycles. The molecule has 0 spiro atoms. The topological polar surface area (TPSA) is 67.4 Å². The normalized spacial score (nSPS) is 22.6. The van der Waals surface area contributed by atoms with Crippen LogP contribution in [-0.2, 0) is 21.2 Å². The smallest absolute Gasteiger partial charge is 0.240 e. The number of sulfonamides is 1. The molecule has 3 rings (SSSR count). The molecule has 0 bridgehead atoms. The molecular weight excluding hydrogens is 288 g/mol. The fraction of sp³-hybridized carbons (Fsp3) is 0.600. The third kappa shape index (κ3) is 4.26. The average molecular weight is 310 g/mol. The maximum atomic E-state index is 12.2. The van der Waals surface area contributed by atoms with Crippen LogP contribution in [0.5, 0.6) is 0 Å². The fourth-order valence-electron chi connectivity index (χ4n) is 2.46. The van der Waals surface area contributed by atoms with Crippen molar-refractivity contribution >= 4 is 10.0 Å². The zero-order chi connectivity index (χ0) is 14.7. The highest BCUT2D eigenvalue weighted by Crippen LogP contribution is 2.18. The van der Waals surface area contributed by atoms with Crippen molar-refractivity contribution in [2.24, 2.45) is 0 Å². The van der Waals surface area contributed by atoms with E-state index in [4.69, 9.17) is 4.74 Å². The summed E-state index contributed by atoms with van der Waals surface area (Å²) in [7, 11) is -3.43. The average Bonchev–Trinajstić information content (AvgIpc) is 3.15.